The minimum absolute atomic E-state index is 0.00630. The molecule has 1 aliphatic rings. The Bertz CT molecular complexity index is 1100. The summed E-state index contributed by atoms with van der Waals surface area (Å²) in [5.74, 6) is 1.25. The van der Waals surface area contributed by atoms with Gasteiger partial charge in [0.05, 0.1) is 13.5 Å². The summed E-state index contributed by atoms with van der Waals surface area (Å²) in [7, 11) is 1.57. The predicted octanol–water partition coefficient (Wildman–Crippen LogP) is 2.73. The number of rotatable bonds is 6. The fourth-order valence-corrected chi connectivity index (χ4v) is 4.26. The number of ether oxygens (including phenoxy) is 1. The van der Waals surface area contributed by atoms with Crippen LogP contribution in [-0.4, -0.2) is 53.2 Å². The van der Waals surface area contributed by atoms with Crippen molar-refractivity contribution in [1.29, 1.82) is 0 Å². The topological polar surface area (TPSA) is 76.8 Å². The maximum atomic E-state index is 13.0. The van der Waals surface area contributed by atoms with Crippen LogP contribution in [0.4, 0.5) is 5.82 Å². The summed E-state index contributed by atoms with van der Waals surface area (Å²) in [5.41, 5.74) is 0.153. The molecule has 0 radical (unpaired) electrons. The van der Waals surface area contributed by atoms with Gasteiger partial charge in [-0.15, -0.1) is 0 Å². The Morgan fingerprint density at radius 3 is 2.16 bits per heavy atom. The van der Waals surface area contributed by atoms with E-state index in [1.165, 1.54) is 10.6 Å². The molecule has 32 heavy (non-hydrogen) atoms. The molecule has 1 aromatic carbocycles. The fraction of sp³-hybridized carbons (Fsp3) is 0.522. The molecule has 0 aliphatic carbocycles. The van der Waals surface area contributed by atoms with Gasteiger partial charge in [-0.2, -0.15) is 0 Å². The molecule has 0 saturated carbocycles. The van der Waals surface area contributed by atoms with E-state index in [2.05, 4.69) is 0 Å². The molecular formula is C23H31ClN4O4. The lowest BCUT2D eigenvalue weighted by Gasteiger charge is -2.37. The number of halogens is 1. The van der Waals surface area contributed by atoms with E-state index in [4.69, 9.17) is 16.3 Å². The lowest BCUT2D eigenvalue weighted by Crippen LogP contribution is -2.52. The van der Waals surface area contributed by atoms with Gasteiger partial charge >= 0.3 is 5.69 Å². The number of piperazine rings is 1. The summed E-state index contributed by atoms with van der Waals surface area (Å²) in [5, 5.41) is 0.503. The van der Waals surface area contributed by atoms with E-state index < -0.39 is 0 Å². The van der Waals surface area contributed by atoms with Crippen molar-refractivity contribution in [2.75, 3.05) is 38.2 Å². The van der Waals surface area contributed by atoms with Crippen LogP contribution in [0.3, 0.4) is 0 Å². The molecule has 0 bridgehead atoms. The molecule has 0 spiro atoms. The third-order valence-electron chi connectivity index (χ3n) is 5.74. The first-order valence-electron chi connectivity index (χ1n) is 10.9. The van der Waals surface area contributed by atoms with Crippen LogP contribution in [0.1, 0.15) is 45.3 Å². The van der Waals surface area contributed by atoms with Crippen LogP contribution in [0.25, 0.3) is 0 Å². The monoisotopic (exact) mass is 462 g/mol. The summed E-state index contributed by atoms with van der Waals surface area (Å²) in [6, 6.07) is 6.52. The van der Waals surface area contributed by atoms with E-state index in [1.54, 1.807) is 34.8 Å². The van der Waals surface area contributed by atoms with Crippen LogP contribution in [0, 0.1) is 0 Å². The Labute approximate surface area is 193 Å². The van der Waals surface area contributed by atoms with E-state index in [0.29, 0.717) is 42.8 Å². The van der Waals surface area contributed by atoms with Crippen molar-refractivity contribution in [3.8, 4) is 5.75 Å². The summed E-state index contributed by atoms with van der Waals surface area (Å²) >= 11 is 6.28. The Hall–Kier alpha value is -2.74. The smallest absolute Gasteiger partial charge is 0.333 e. The molecule has 1 amide bonds. The third kappa shape index (κ3) is 4.85. The van der Waals surface area contributed by atoms with Gasteiger partial charge in [0.2, 0.25) is 5.91 Å². The van der Waals surface area contributed by atoms with Gasteiger partial charge in [-0.25, -0.2) is 4.79 Å². The number of methoxy groups -OCH3 is 1. The maximum Gasteiger partial charge on any atom is 0.333 e. The highest BCUT2D eigenvalue weighted by Crippen LogP contribution is 2.24. The number of hydrogen-bond acceptors (Lipinski definition) is 5. The van der Waals surface area contributed by atoms with Gasteiger partial charge in [-0.1, -0.05) is 17.7 Å². The molecule has 0 atom stereocenters. The molecule has 2 aromatic rings. The molecule has 0 N–H and O–H groups in total. The van der Waals surface area contributed by atoms with Crippen LogP contribution in [0.2, 0.25) is 5.02 Å². The van der Waals surface area contributed by atoms with Crippen LogP contribution >= 0.6 is 11.6 Å². The van der Waals surface area contributed by atoms with Crippen molar-refractivity contribution in [3.05, 3.63) is 55.7 Å². The normalized spacial score (nSPS) is 14.4. The van der Waals surface area contributed by atoms with Crippen molar-refractivity contribution in [3.63, 3.8) is 0 Å². The highest BCUT2D eigenvalue weighted by Gasteiger charge is 2.26. The van der Waals surface area contributed by atoms with E-state index in [-0.39, 0.29) is 35.7 Å². The zero-order valence-corrected chi connectivity index (χ0v) is 20.1. The number of benzene rings is 1. The number of aromatic nitrogens is 2. The Morgan fingerprint density at radius 1 is 1.00 bits per heavy atom. The molecule has 1 aromatic heterocycles. The standard InChI is InChI=1S/C23H31ClN4O4/c1-15(2)27-20(14-22(30)28(16(3)4)23(27)31)25-8-10-26(11-9-25)21(29)12-17-6-7-18(32-5)13-19(17)24/h6-7,13-16H,8-12H2,1-5H3. The molecule has 174 valence electrons. The van der Waals surface area contributed by atoms with E-state index in [0.717, 1.165) is 5.56 Å². The number of amides is 1. The average Bonchev–Trinajstić information content (AvgIpc) is 2.74. The largest absolute Gasteiger partial charge is 0.497 e. The molecule has 3 rings (SSSR count). The molecule has 9 heteroatoms. The van der Waals surface area contributed by atoms with Crippen molar-refractivity contribution in [2.24, 2.45) is 0 Å². The highest BCUT2D eigenvalue weighted by molar-refractivity contribution is 6.31. The minimum Gasteiger partial charge on any atom is -0.497 e. The molecule has 1 saturated heterocycles. The number of carbonyl (C=O) groups is 1. The Kier molecular flexibility index (Phi) is 7.33. The van der Waals surface area contributed by atoms with Crippen molar-refractivity contribution < 1.29 is 9.53 Å². The molecule has 1 aliphatic heterocycles. The van der Waals surface area contributed by atoms with E-state index in [9.17, 15) is 14.4 Å². The fourth-order valence-electron chi connectivity index (χ4n) is 4.02. The highest BCUT2D eigenvalue weighted by atomic mass is 35.5. The zero-order chi connectivity index (χ0) is 23.6. The quantitative estimate of drug-likeness (QED) is 0.659. The maximum absolute atomic E-state index is 13.0. The van der Waals surface area contributed by atoms with Crippen LogP contribution in [-0.2, 0) is 11.2 Å². The van der Waals surface area contributed by atoms with Gasteiger partial charge in [0.1, 0.15) is 11.6 Å². The van der Waals surface area contributed by atoms with Gasteiger partial charge in [0.25, 0.3) is 5.56 Å². The first kappa shape index (κ1) is 23.9. The van der Waals surface area contributed by atoms with E-state index in [1.807, 2.05) is 32.6 Å². The molecule has 0 unspecified atom stereocenters. The van der Waals surface area contributed by atoms with E-state index >= 15 is 0 Å². The van der Waals surface area contributed by atoms with Gasteiger partial charge in [-0.3, -0.25) is 18.7 Å². The first-order valence-corrected chi connectivity index (χ1v) is 11.2. The van der Waals surface area contributed by atoms with Gasteiger partial charge in [0, 0.05) is 49.4 Å². The summed E-state index contributed by atoms with van der Waals surface area (Å²) in [6.45, 7) is 9.60. The SMILES string of the molecule is COc1ccc(CC(=O)N2CCN(c3cc(=O)n(C(C)C)c(=O)n3C(C)C)CC2)c(Cl)c1. The minimum atomic E-state index is -0.301. The molecular weight excluding hydrogens is 432 g/mol. The van der Waals surface area contributed by atoms with Crippen LogP contribution < -0.4 is 20.9 Å². The first-order chi connectivity index (χ1) is 15.1. The van der Waals surface area contributed by atoms with Crippen molar-refractivity contribution in [1.82, 2.24) is 14.0 Å². The van der Waals surface area contributed by atoms with Crippen LogP contribution in [0.5, 0.6) is 5.75 Å². The molecule has 2 heterocycles. The second-order valence-corrected chi connectivity index (χ2v) is 8.96. The summed E-state index contributed by atoms with van der Waals surface area (Å²) < 4.78 is 8.10. The van der Waals surface area contributed by atoms with Crippen molar-refractivity contribution in [2.45, 2.75) is 46.2 Å². The van der Waals surface area contributed by atoms with Crippen LogP contribution in [0.15, 0.2) is 33.9 Å². The zero-order valence-electron chi connectivity index (χ0n) is 19.3. The van der Waals surface area contributed by atoms with Gasteiger partial charge in [0.15, 0.2) is 0 Å². The lowest BCUT2D eigenvalue weighted by molar-refractivity contribution is -0.130. The third-order valence-corrected chi connectivity index (χ3v) is 6.09. The average molecular weight is 463 g/mol. The number of anilines is 1. The molecule has 1 fully saturated rings. The number of nitrogens with zero attached hydrogens (tertiary/aromatic N) is 4. The van der Waals surface area contributed by atoms with Crippen molar-refractivity contribution >= 4 is 23.3 Å². The molecule has 8 nitrogen and oxygen atoms in total. The van der Waals surface area contributed by atoms with Gasteiger partial charge in [-0.05, 0) is 45.4 Å². The van der Waals surface area contributed by atoms with Gasteiger partial charge < -0.3 is 14.5 Å². The number of carbonyl (C=O) groups excluding carboxylic acids is 1. The summed E-state index contributed by atoms with van der Waals surface area (Å²) in [4.78, 5) is 42.2. The second-order valence-electron chi connectivity index (χ2n) is 8.55. The predicted molar refractivity (Wildman–Crippen MR) is 126 cm³/mol. The number of hydrogen-bond donors (Lipinski definition) is 0. The second kappa shape index (κ2) is 9.81. The summed E-state index contributed by atoms with van der Waals surface area (Å²) in [6.07, 6.45) is 0.212. The Morgan fingerprint density at radius 2 is 1.62 bits per heavy atom. The lowest BCUT2D eigenvalue weighted by atomic mass is 10.1. The Balaban J connectivity index is 1.75.